The van der Waals surface area contributed by atoms with Gasteiger partial charge in [-0.05, 0) is 25.0 Å². The van der Waals surface area contributed by atoms with Crippen molar-refractivity contribution in [2.45, 2.75) is 18.3 Å². The van der Waals surface area contributed by atoms with Gasteiger partial charge in [0.25, 0.3) is 0 Å². The first-order valence-corrected chi connectivity index (χ1v) is 4.75. The zero-order valence-corrected chi connectivity index (χ0v) is 7.73. The average molecular weight is 189 g/mol. The number of nitrogens with two attached hydrogens (primary N) is 1. The smallest absolute Gasteiger partial charge is 0.319 e. The lowest BCUT2D eigenvalue weighted by Gasteiger charge is -2.13. The van der Waals surface area contributed by atoms with E-state index in [1.54, 1.807) is 11.1 Å². The third kappa shape index (κ3) is 0.828. The van der Waals surface area contributed by atoms with Gasteiger partial charge in [-0.15, -0.1) is 0 Å². The van der Waals surface area contributed by atoms with E-state index >= 15 is 0 Å². The molecule has 0 unspecified atom stereocenters. The molecule has 3 rings (SSSR count). The molecule has 2 N–H and O–H groups in total. The molecule has 1 aromatic heterocycles. The largest absolute Gasteiger partial charge is 0.351 e. The summed E-state index contributed by atoms with van der Waals surface area (Å²) in [7, 11) is 0. The minimum absolute atomic E-state index is 0.144. The van der Waals surface area contributed by atoms with Crippen molar-refractivity contribution in [1.29, 1.82) is 0 Å². The summed E-state index contributed by atoms with van der Waals surface area (Å²) < 4.78 is 0. The molecule has 4 heteroatoms. The van der Waals surface area contributed by atoms with Gasteiger partial charge in [0, 0.05) is 18.2 Å². The van der Waals surface area contributed by atoms with Crippen LogP contribution in [-0.2, 0) is 5.41 Å². The van der Waals surface area contributed by atoms with Gasteiger partial charge in [-0.2, -0.15) is 0 Å². The van der Waals surface area contributed by atoms with Crippen molar-refractivity contribution in [2.75, 3.05) is 11.4 Å². The molecular weight excluding hydrogens is 178 g/mol. The molecule has 1 fully saturated rings. The highest BCUT2D eigenvalue weighted by molar-refractivity contribution is 5.93. The van der Waals surface area contributed by atoms with Gasteiger partial charge in [-0.25, -0.2) is 4.79 Å². The van der Waals surface area contributed by atoms with Crippen molar-refractivity contribution in [1.82, 2.24) is 4.98 Å². The molecule has 4 nitrogen and oxygen atoms in total. The molecule has 2 aliphatic rings. The molecule has 1 aliphatic heterocycles. The SMILES string of the molecule is NC(=O)N1CC2(CC2)c2ncccc21. The lowest BCUT2D eigenvalue weighted by atomic mass is 10.1. The van der Waals surface area contributed by atoms with Crippen LogP contribution >= 0.6 is 0 Å². The maximum atomic E-state index is 11.2. The molecule has 1 aromatic rings. The van der Waals surface area contributed by atoms with Gasteiger partial charge in [0.1, 0.15) is 0 Å². The molecule has 1 saturated carbocycles. The molecule has 1 spiro atoms. The number of nitrogens with zero attached hydrogens (tertiary/aromatic N) is 2. The number of aromatic nitrogens is 1. The van der Waals surface area contributed by atoms with Crippen molar-refractivity contribution in [3.8, 4) is 0 Å². The molecule has 0 aromatic carbocycles. The van der Waals surface area contributed by atoms with E-state index in [1.807, 2.05) is 12.1 Å². The van der Waals surface area contributed by atoms with E-state index in [1.165, 1.54) is 0 Å². The molecule has 0 atom stereocenters. The van der Waals surface area contributed by atoms with Crippen LogP contribution in [-0.4, -0.2) is 17.6 Å². The summed E-state index contributed by atoms with van der Waals surface area (Å²) in [4.78, 5) is 17.2. The van der Waals surface area contributed by atoms with E-state index in [-0.39, 0.29) is 11.4 Å². The highest BCUT2D eigenvalue weighted by atomic mass is 16.2. The Bertz CT molecular complexity index is 412. The molecular formula is C10H11N3O. The number of fused-ring (bicyclic) bond motifs is 2. The summed E-state index contributed by atoms with van der Waals surface area (Å²) >= 11 is 0. The van der Waals surface area contributed by atoms with Crippen LogP contribution in [0.3, 0.4) is 0 Å². The molecule has 0 radical (unpaired) electrons. The van der Waals surface area contributed by atoms with Gasteiger partial charge in [0.2, 0.25) is 0 Å². The van der Waals surface area contributed by atoms with Crippen LogP contribution in [0.1, 0.15) is 18.5 Å². The Morgan fingerprint density at radius 3 is 3.00 bits per heavy atom. The van der Waals surface area contributed by atoms with Crippen molar-refractivity contribution in [3.63, 3.8) is 0 Å². The quantitative estimate of drug-likeness (QED) is 0.662. The Kier molecular flexibility index (Phi) is 1.26. The number of pyridine rings is 1. The molecule has 2 heterocycles. The van der Waals surface area contributed by atoms with E-state index in [2.05, 4.69) is 4.98 Å². The maximum absolute atomic E-state index is 11.2. The number of hydrogen-bond acceptors (Lipinski definition) is 2. The second-order valence-corrected chi connectivity index (χ2v) is 4.08. The molecule has 14 heavy (non-hydrogen) atoms. The summed E-state index contributed by atoms with van der Waals surface area (Å²) in [5.41, 5.74) is 7.42. The maximum Gasteiger partial charge on any atom is 0.319 e. The molecule has 72 valence electrons. The summed E-state index contributed by atoms with van der Waals surface area (Å²) in [5, 5.41) is 0. The average Bonchev–Trinajstić information content (AvgIpc) is 2.86. The van der Waals surface area contributed by atoms with Crippen LogP contribution in [0.15, 0.2) is 18.3 Å². The molecule has 2 amide bonds. The number of carbonyl (C=O) groups is 1. The predicted octanol–water partition coefficient (Wildman–Crippen LogP) is 1.01. The number of urea groups is 1. The third-order valence-corrected chi connectivity index (χ3v) is 3.16. The number of primary amides is 1. The third-order valence-electron chi connectivity index (χ3n) is 3.16. The van der Waals surface area contributed by atoms with Crippen LogP contribution in [0.2, 0.25) is 0 Å². The highest BCUT2D eigenvalue weighted by Gasteiger charge is 2.53. The van der Waals surface area contributed by atoms with E-state index in [0.717, 1.165) is 24.2 Å². The van der Waals surface area contributed by atoms with E-state index in [9.17, 15) is 4.79 Å². The minimum Gasteiger partial charge on any atom is -0.351 e. The summed E-state index contributed by atoms with van der Waals surface area (Å²) in [6, 6.07) is 3.39. The van der Waals surface area contributed by atoms with Gasteiger partial charge in [-0.1, -0.05) is 0 Å². The van der Waals surface area contributed by atoms with Crippen LogP contribution in [0.25, 0.3) is 0 Å². The van der Waals surface area contributed by atoms with Crippen LogP contribution in [0, 0.1) is 0 Å². The van der Waals surface area contributed by atoms with Crippen LogP contribution in [0.4, 0.5) is 10.5 Å². The fraction of sp³-hybridized carbons (Fsp3) is 0.400. The number of rotatable bonds is 0. The van der Waals surface area contributed by atoms with E-state index < -0.39 is 0 Å². The fourth-order valence-corrected chi connectivity index (χ4v) is 2.23. The standard InChI is InChI=1S/C10H11N3O/c11-9(14)13-6-10(3-4-10)8-7(13)2-1-5-12-8/h1-2,5H,3-4,6H2,(H2,11,14). The van der Waals surface area contributed by atoms with Crippen molar-refractivity contribution in [3.05, 3.63) is 24.0 Å². The zero-order chi connectivity index (χ0) is 9.76. The van der Waals surface area contributed by atoms with E-state index in [4.69, 9.17) is 5.73 Å². The Morgan fingerprint density at radius 2 is 2.36 bits per heavy atom. The normalized spacial score (nSPS) is 21.0. The Hall–Kier alpha value is -1.58. The minimum atomic E-state index is -0.372. The van der Waals surface area contributed by atoms with Gasteiger partial charge < -0.3 is 5.73 Å². The van der Waals surface area contributed by atoms with Crippen molar-refractivity contribution in [2.24, 2.45) is 5.73 Å². The highest BCUT2D eigenvalue weighted by Crippen LogP contribution is 2.55. The van der Waals surface area contributed by atoms with E-state index in [0.29, 0.717) is 6.54 Å². The predicted molar refractivity (Wildman–Crippen MR) is 52.1 cm³/mol. The summed E-state index contributed by atoms with van der Waals surface area (Å²) in [6.45, 7) is 0.717. The second-order valence-electron chi connectivity index (χ2n) is 4.08. The molecule has 0 saturated heterocycles. The number of carbonyl (C=O) groups excluding carboxylic acids is 1. The van der Waals surface area contributed by atoms with Crippen LogP contribution < -0.4 is 10.6 Å². The Balaban J connectivity index is 2.14. The number of amides is 2. The first-order valence-electron chi connectivity index (χ1n) is 4.75. The lowest BCUT2D eigenvalue weighted by molar-refractivity contribution is 0.254. The van der Waals surface area contributed by atoms with Crippen molar-refractivity contribution < 1.29 is 4.79 Å². The van der Waals surface area contributed by atoms with Gasteiger partial charge in [0.15, 0.2) is 0 Å². The topological polar surface area (TPSA) is 59.2 Å². The number of anilines is 1. The molecule has 0 bridgehead atoms. The van der Waals surface area contributed by atoms with Gasteiger partial charge in [0.05, 0.1) is 11.4 Å². The monoisotopic (exact) mass is 189 g/mol. The summed E-state index contributed by atoms with van der Waals surface area (Å²) in [6.07, 6.45) is 4.03. The first kappa shape index (κ1) is 7.79. The molecule has 1 aliphatic carbocycles. The lowest BCUT2D eigenvalue weighted by Crippen LogP contribution is -2.35. The summed E-state index contributed by atoms with van der Waals surface area (Å²) in [5.74, 6) is 0. The van der Waals surface area contributed by atoms with Crippen molar-refractivity contribution >= 4 is 11.7 Å². The van der Waals surface area contributed by atoms with Gasteiger partial charge in [-0.3, -0.25) is 9.88 Å². The number of hydrogen-bond donors (Lipinski definition) is 1. The Labute approximate surface area is 81.7 Å². The Morgan fingerprint density at radius 1 is 1.57 bits per heavy atom. The second kappa shape index (κ2) is 2.26. The zero-order valence-electron chi connectivity index (χ0n) is 7.73. The fourth-order valence-electron chi connectivity index (χ4n) is 2.23. The first-order chi connectivity index (χ1) is 6.73. The van der Waals surface area contributed by atoms with Gasteiger partial charge >= 0.3 is 6.03 Å². The van der Waals surface area contributed by atoms with Crippen LogP contribution in [0.5, 0.6) is 0 Å².